The second-order valence-electron chi connectivity index (χ2n) is 16.1. The Labute approximate surface area is 434 Å². The van der Waals surface area contributed by atoms with E-state index in [4.69, 9.17) is 23.7 Å². The van der Waals surface area contributed by atoms with Gasteiger partial charge in [-0.1, -0.05) is 41.9 Å². The molecular formula is C45H34BrF6N9O6S4Zn. The van der Waals surface area contributed by atoms with E-state index in [1.54, 1.807) is 30.3 Å². The number of aryl methyl sites for hydroxylation is 2. The summed E-state index contributed by atoms with van der Waals surface area (Å²) in [6.45, 7) is 12.5. The number of sulfone groups is 2. The Morgan fingerprint density at radius 2 is 1.06 bits per heavy atom. The number of fused-ring (bicyclic) bond motifs is 4. The quantitative estimate of drug-likeness (QED) is 0.0791. The van der Waals surface area contributed by atoms with Crippen LogP contribution in [0.25, 0.3) is 63.6 Å². The molecule has 0 radical (unpaired) electrons. The Morgan fingerprint density at radius 1 is 0.681 bits per heavy atom. The molecular weight excluding hydrogens is 1150 g/mol. The van der Waals surface area contributed by atoms with Gasteiger partial charge in [0.15, 0.2) is 31.3 Å². The summed E-state index contributed by atoms with van der Waals surface area (Å²) in [4.78, 5) is 35.6. The van der Waals surface area contributed by atoms with Crippen LogP contribution in [0.5, 0.6) is 0 Å². The molecule has 0 atom stereocenters. The van der Waals surface area contributed by atoms with Crippen molar-refractivity contribution in [1.29, 1.82) is 15.8 Å². The van der Waals surface area contributed by atoms with Gasteiger partial charge < -0.3 is 32.8 Å². The molecule has 10 rings (SSSR count). The Kier molecular flexibility index (Phi) is 15.7. The van der Waals surface area contributed by atoms with Gasteiger partial charge in [-0.05, 0) is 62.1 Å². The SMILES string of the molecule is CCS(=O)(=O)c1c(-c2nc3cc(C(F)(F)F)n(C4CC4)c(=O)c3n2C)sc2cc(Br)ccc12.CCS(=O)(=O)c1c(-c2nc3cc(C(F)(F)F)n(C4CC4)c(=O)c3n2C)sc2cc(C#N)ccc12.[C-]#N.[C-]#N.[Zn+2]. The number of alkyl halides is 6. The van der Waals surface area contributed by atoms with Gasteiger partial charge in [-0.3, -0.25) is 18.7 Å². The summed E-state index contributed by atoms with van der Waals surface area (Å²) in [7, 11) is -4.46. The number of aromatic nitrogens is 6. The number of hydrogen-bond acceptors (Lipinski definition) is 13. The van der Waals surface area contributed by atoms with Gasteiger partial charge >= 0.3 is 31.8 Å². The topological polar surface area (TPSA) is 219 Å². The van der Waals surface area contributed by atoms with Gasteiger partial charge in [0.05, 0.1) is 53.7 Å². The van der Waals surface area contributed by atoms with Gasteiger partial charge in [-0.2, -0.15) is 31.6 Å². The van der Waals surface area contributed by atoms with Crippen LogP contribution >= 0.6 is 38.6 Å². The van der Waals surface area contributed by atoms with Crippen LogP contribution in [0, 0.1) is 35.0 Å². The molecule has 0 N–H and O–H groups in total. The van der Waals surface area contributed by atoms with Crippen LogP contribution in [0.2, 0.25) is 0 Å². The molecule has 2 fully saturated rings. The maximum atomic E-state index is 13.8. The largest absolute Gasteiger partial charge is 2.00 e. The summed E-state index contributed by atoms with van der Waals surface area (Å²) >= 11 is 5.63. The van der Waals surface area contributed by atoms with Crippen LogP contribution in [-0.4, -0.2) is 56.6 Å². The summed E-state index contributed by atoms with van der Waals surface area (Å²) in [6.07, 6.45) is -7.48. The van der Waals surface area contributed by atoms with Crippen molar-refractivity contribution in [2.45, 2.75) is 73.8 Å². The Bertz CT molecular complexity index is 3920. The monoisotopic (exact) mass is 1180 g/mol. The number of hydrogen-bond donors (Lipinski definition) is 0. The van der Waals surface area contributed by atoms with Crippen molar-refractivity contribution in [3.05, 3.63) is 104 Å². The summed E-state index contributed by atoms with van der Waals surface area (Å²) < 4.78 is 141. The van der Waals surface area contributed by atoms with E-state index in [2.05, 4.69) is 25.9 Å². The molecule has 0 bridgehead atoms. The van der Waals surface area contributed by atoms with Crippen molar-refractivity contribution < 1.29 is 62.7 Å². The smallest absolute Gasteiger partial charge is 0.512 e. The number of imidazole rings is 2. The molecule has 2 aliphatic carbocycles. The molecule has 0 amide bonds. The number of rotatable bonds is 8. The van der Waals surface area contributed by atoms with E-state index in [0.717, 1.165) is 37.1 Å². The van der Waals surface area contributed by atoms with E-state index in [1.807, 2.05) is 6.07 Å². The number of halogens is 7. The molecule has 27 heteroatoms. The fraction of sp³-hybridized carbons (Fsp3) is 0.311. The fourth-order valence-electron chi connectivity index (χ4n) is 8.22. The van der Waals surface area contributed by atoms with Crippen molar-refractivity contribution in [2.75, 3.05) is 11.5 Å². The molecule has 0 aliphatic heterocycles. The maximum absolute atomic E-state index is 13.8. The third kappa shape index (κ3) is 9.77. The Balaban J connectivity index is 0.000000218. The van der Waals surface area contributed by atoms with E-state index >= 15 is 0 Å². The predicted molar refractivity (Wildman–Crippen MR) is 256 cm³/mol. The standard InChI is InChI=1S/C22H17F3N4O3S2.C21H17BrF3N3O3S2.2CN.Zn/c1-3-34(31,32)19-13-7-4-11(10-26)8-15(13)33-18(19)20-27-14-9-16(22(23,24)25)29(12-5-6-12)21(30)17(14)28(20)2;1-3-33(30,31)18-12-7-4-10(22)8-14(12)32-17(18)19-26-13-9-15(21(23,24)25)28(11-5-6-11)20(29)16(13)27(19)2;2*1-2;/h4,7-9,12H,3,5-6H2,1-2H3;4,7-9,11H,3,5-6H2,1-2H3;;;/q;;2*-1;+2. The second kappa shape index (κ2) is 20.3. The van der Waals surface area contributed by atoms with E-state index < -0.39 is 66.6 Å². The maximum Gasteiger partial charge on any atom is 2.00 e. The van der Waals surface area contributed by atoms with E-state index in [-0.39, 0.29) is 79.4 Å². The van der Waals surface area contributed by atoms with E-state index in [9.17, 15) is 58.0 Å². The van der Waals surface area contributed by atoms with Crippen molar-refractivity contribution in [2.24, 2.45) is 14.1 Å². The minimum Gasteiger partial charge on any atom is -0.512 e. The first-order valence-corrected chi connectivity index (χ1v) is 26.6. The minimum atomic E-state index is -4.74. The van der Waals surface area contributed by atoms with Gasteiger partial charge in [0.1, 0.15) is 22.4 Å². The molecule has 6 heterocycles. The van der Waals surface area contributed by atoms with Crippen molar-refractivity contribution in [3.8, 4) is 27.5 Å². The molecule has 0 saturated heterocycles. The Morgan fingerprint density at radius 3 is 1.40 bits per heavy atom. The number of thiophene rings is 2. The van der Waals surface area contributed by atoms with Crippen LogP contribution in [-0.2, 0) is 65.6 Å². The summed E-state index contributed by atoms with van der Waals surface area (Å²) in [6, 6.07) is 12.5. The molecule has 2 saturated carbocycles. The van der Waals surface area contributed by atoms with Crippen LogP contribution in [0.4, 0.5) is 26.3 Å². The van der Waals surface area contributed by atoms with E-state index in [1.165, 1.54) is 54.5 Å². The summed E-state index contributed by atoms with van der Waals surface area (Å²) in [5, 5.41) is 22.6. The molecule has 8 aromatic rings. The first kappa shape index (κ1) is 55.6. The third-order valence-electron chi connectivity index (χ3n) is 11.7. The fourth-order valence-corrected chi connectivity index (χ4v) is 14.5. The first-order valence-electron chi connectivity index (χ1n) is 20.9. The normalized spacial score (nSPS) is 13.9. The zero-order chi connectivity index (χ0) is 52.4. The number of pyridine rings is 2. The molecule has 370 valence electrons. The second-order valence-corrected chi connectivity index (χ2v) is 23.6. The van der Waals surface area contributed by atoms with Crippen molar-refractivity contribution in [1.82, 2.24) is 28.2 Å². The van der Waals surface area contributed by atoms with Crippen LogP contribution in [0.1, 0.15) is 68.6 Å². The average Bonchev–Trinajstić information content (AvgIpc) is 4.22. The van der Waals surface area contributed by atoms with Crippen molar-refractivity contribution >= 4 is 101 Å². The number of nitrogens with zero attached hydrogens (tertiary/aromatic N) is 9. The average molecular weight is 1180 g/mol. The Hall–Kier alpha value is -5.75. The van der Waals surface area contributed by atoms with Gasteiger partial charge in [0.2, 0.25) is 0 Å². The van der Waals surface area contributed by atoms with E-state index in [0.29, 0.717) is 56.3 Å². The first-order chi connectivity index (χ1) is 33.4. The molecule has 15 nitrogen and oxygen atoms in total. The summed E-state index contributed by atoms with van der Waals surface area (Å²) in [5.74, 6) is -0.130. The van der Waals surface area contributed by atoms with Crippen LogP contribution in [0.3, 0.4) is 0 Å². The van der Waals surface area contributed by atoms with Gasteiger partial charge in [0, 0.05) is 50.8 Å². The summed E-state index contributed by atoms with van der Waals surface area (Å²) in [5.41, 5.74) is -3.60. The third-order valence-corrected chi connectivity index (χ3v) is 18.4. The van der Waals surface area contributed by atoms with Crippen molar-refractivity contribution in [3.63, 3.8) is 0 Å². The number of benzene rings is 2. The molecule has 2 aromatic carbocycles. The minimum absolute atomic E-state index is 0. The molecule has 0 unspecified atom stereocenters. The zero-order valence-electron chi connectivity index (χ0n) is 38.0. The van der Waals surface area contributed by atoms with Gasteiger partial charge in [0.25, 0.3) is 11.1 Å². The predicted octanol–water partition coefficient (Wildman–Crippen LogP) is 10.4. The van der Waals surface area contributed by atoms with Gasteiger partial charge in [-0.15, -0.1) is 22.7 Å². The molecule has 72 heavy (non-hydrogen) atoms. The molecule has 6 aromatic heterocycles. The molecule has 0 spiro atoms. The van der Waals surface area contributed by atoms with Gasteiger partial charge in [-0.25, -0.2) is 26.8 Å². The molecule has 2 aliphatic rings. The van der Waals surface area contributed by atoms with Crippen LogP contribution < -0.4 is 11.1 Å². The van der Waals surface area contributed by atoms with Crippen LogP contribution in [0.15, 0.2) is 72.4 Å². The zero-order valence-corrected chi connectivity index (χ0v) is 45.8. The number of nitriles is 1.